The molecular weight excluding hydrogens is 424 g/mol. The highest BCUT2D eigenvalue weighted by molar-refractivity contribution is 7.99. The number of nitrogens with zero attached hydrogens (tertiary/aromatic N) is 3. The normalized spacial score (nSPS) is 13.1. The number of para-hydroxylation sites is 2. The molecule has 9 heteroatoms. The number of hydrogen-bond acceptors (Lipinski definition) is 5. The van der Waals surface area contributed by atoms with Crippen LogP contribution in [-0.2, 0) is 16.1 Å². The molecule has 0 atom stereocenters. The SMILES string of the molecule is C=CCn1c(SCC(=O)N2CC(=O)Nc3ccccc32)nc2ccc(Cl)cc2c1=O. The highest BCUT2D eigenvalue weighted by atomic mass is 35.5. The van der Waals surface area contributed by atoms with E-state index in [1.54, 1.807) is 42.5 Å². The fourth-order valence-corrected chi connectivity index (χ4v) is 4.29. The quantitative estimate of drug-likeness (QED) is 0.374. The predicted molar refractivity (Wildman–Crippen MR) is 119 cm³/mol. The van der Waals surface area contributed by atoms with E-state index in [2.05, 4.69) is 16.9 Å². The summed E-state index contributed by atoms with van der Waals surface area (Å²) in [7, 11) is 0. The number of carbonyl (C=O) groups excluding carboxylic acids is 2. The first-order chi connectivity index (χ1) is 14.5. The Bertz CT molecular complexity index is 1240. The molecule has 2 amide bonds. The molecule has 1 N–H and O–H groups in total. The number of amides is 2. The lowest BCUT2D eigenvalue weighted by atomic mass is 10.2. The smallest absolute Gasteiger partial charge is 0.262 e. The molecule has 3 aromatic rings. The van der Waals surface area contributed by atoms with Gasteiger partial charge in [-0.3, -0.25) is 19.0 Å². The Hall–Kier alpha value is -3.10. The first-order valence-electron chi connectivity index (χ1n) is 9.11. The lowest BCUT2D eigenvalue weighted by molar-refractivity contribution is -0.120. The van der Waals surface area contributed by atoms with Crippen LogP contribution in [0.4, 0.5) is 11.4 Å². The predicted octanol–water partition coefficient (Wildman–Crippen LogP) is 3.31. The molecular formula is C21H17ClN4O3S. The number of aromatic nitrogens is 2. The molecule has 2 heterocycles. The van der Waals surface area contributed by atoms with Gasteiger partial charge in [0.15, 0.2) is 5.16 Å². The van der Waals surface area contributed by atoms with E-state index in [1.165, 1.54) is 9.47 Å². The molecule has 1 aliphatic rings. The molecule has 0 radical (unpaired) electrons. The number of thioether (sulfide) groups is 1. The molecule has 0 aliphatic carbocycles. The van der Waals surface area contributed by atoms with E-state index in [4.69, 9.17) is 11.6 Å². The molecule has 0 saturated carbocycles. The highest BCUT2D eigenvalue weighted by Crippen LogP contribution is 2.30. The van der Waals surface area contributed by atoms with Crippen LogP contribution < -0.4 is 15.8 Å². The molecule has 1 aliphatic heterocycles. The summed E-state index contributed by atoms with van der Waals surface area (Å²) in [4.78, 5) is 43.8. The maximum Gasteiger partial charge on any atom is 0.262 e. The van der Waals surface area contributed by atoms with Gasteiger partial charge in [-0.25, -0.2) is 4.98 Å². The van der Waals surface area contributed by atoms with Gasteiger partial charge in [0.05, 0.1) is 28.0 Å². The van der Waals surface area contributed by atoms with Crippen molar-refractivity contribution in [3.8, 4) is 0 Å². The van der Waals surface area contributed by atoms with Gasteiger partial charge >= 0.3 is 0 Å². The Morgan fingerprint density at radius 3 is 2.87 bits per heavy atom. The van der Waals surface area contributed by atoms with Gasteiger partial charge in [0.2, 0.25) is 11.8 Å². The number of rotatable bonds is 5. The zero-order valence-corrected chi connectivity index (χ0v) is 17.4. The van der Waals surface area contributed by atoms with Gasteiger partial charge in [0.1, 0.15) is 6.54 Å². The Balaban J connectivity index is 1.64. The zero-order chi connectivity index (χ0) is 21.3. The number of carbonyl (C=O) groups is 2. The second-order valence-corrected chi connectivity index (χ2v) is 7.97. The highest BCUT2D eigenvalue weighted by Gasteiger charge is 2.27. The van der Waals surface area contributed by atoms with E-state index in [-0.39, 0.29) is 36.2 Å². The molecule has 152 valence electrons. The summed E-state index contributed by atoms with van der Waals surface area (Å²) in [6.07, 6.45) is 1.59. The van der Waals surface area contributed by atoms with Gasteiger partial charge in [-0.15, -0.1) is 6.58 Å². The van der Waals surface area contributed by atoms with Crippen molar-refractivity contribution in [2.75, 3.05) is 22.5 Å². The summed E-state index contributed by atoms with van der Waals surface area (Å²) in [5, 5.41) is 4.01. The third kappa shape index (κ3) is 3.83. The van der Waals surface area contributed by atoms with Gasteiger partial charge < -0.3 is 10.2 Å². The van der Waals surface area contributed by atoms with Gasteiger partial charge in [0.25, 0.3) is 5.56 Å². The van der Waals surface area contributed by atoms with Crippen LogP contribution in [0.3, 0.4) is 0 Å². The molecule has 0 saturated heterocycles. The summed E-state index contributed by atoms with van der Waals surface area (Å²) < 4.78 is 1.46. The van der Waals surface area contributed by atoms with E-state index in [9.17, 15) is 14.4 Å². The molecule has 7 nitrogen and oxygen atoms in total. The van der Waals surface area contributed by atoms with Crippen molar-refractivity contribution in [1.82, 2.24) is 9.55 Å². The van der Waals surface area contributed by atoms with Crippen LogP contribution in [0.5, 0.6) is 0 Å². The fourth-order valence-electron chi connectivity index (χ4n) is 3.23. The van der Waals surface area contributed by atoms with Gasteiger partial charge in [-0.2, -0.15) is 0 Å². The number of anilines is 2. The average molecular weight is 441 g/mol. The Morgan fingerprint density at radius 1 is 1.27 bits per heavy atom. The summed E-state index contributed by atoms with van der Waals surface area (Å²) in [5.41, 5.74) is 1.49. The van der Waals surface area contributed by atoms with Crippen molar-refractivity contribution >= 4 is 57.5 Å². The summed E-state index contributed by atoms with van der Waals surface area (Å²) in [6, 6.07) is 12.0. The van der Waals surface area contributed by atoms with Crippen molar-refractivity contribution in [2.24, 2.45) is 0 Å². The number of nitrogens with one attached hydrogen (secondary N) is 1. The van der Waals surface area contributed by atoms with Crippen LogP contribution in [-0.4, -0.2) is 33.7 Å². The van der Waals surface area contributed by atoms with Crippen molar-refractivity contribution in [1.29, 1.82) is 0 Å². The van der Waals surface area contributed by atoms with Crippen LogP contribution >= 0.6 is 23.4 Å². The molecule has 0 unspecified atom stereocenters. The molecule has 0 spiro atoms. The lowest BCUT2D eigenvalue weighted by Crippen LogP contribution is -2.43. The number of hydrogen-bond donors (Lipinski definition) is 1. The monoisotopic (exact) mass is 440 g/mol. The van der Waals surface area contributed by atoms with Crippen molar-refractivity contribution in [2.45, 2.75) is 11.7 Å². The average Bonchev–Trinajstić information content (AvgIpc) is 2.74. The third-order valence-electron chi connectivity index (χ3n) is 4.59. The first kappa shape index (κ1) is 20.2. The minimum absolute atomic E-state index is 0.0181. The Kier molecular flexibility index (Phi) is 5.61. The second kappa shape index (κ2) is 8.33. The van der Waals surface area contributed by atoms with E-state index in [0.717, 1.165) is 11.8 Å². The first-order valence-corrected chi connectivity index (χ1v) is 10.5. The molecule has 2 aromatic carbocycles. The van der Waals surface area contributed by atoms with Crippen LogP contribution in [0, 0.1) is 0 Å². The van der Waals surface area contributed by atoms with Gasteiger partial charge in [-0.05, 0) is 30.3 Å². The van der Waals surface area contributed by atoms with Crippen molar-refractivity contribution in [3.05, 3.63) is 70.5 Å². The minimum Gasteiger partial charge on any atom is -0.323 e. The van der Waals surface area contributed by atoms with Crippen LogP contribution in [0.25, 0.3) is 10.9 Å². The standard InChI is InChI=1S/C21H17ClN4O3S/c1-2-9-25-20(29)14-10-13(22)7-8-15(14)24-21(25)30-12-19(28)26-11-18(27)23-16-5-3-4-6-17(16)26/h2-8,10H,1,9,11-12H2,(H,23,27). The summed E-state index contributed by atoms with van der Waals surface area (Å²) >= 11 is 7.16. The molecule has 30 heavy (non-hydrogen) atoms. The van der Waals surface area contributed by atoms with Crippen molar-refractivity contribution in [3.63, 3.8) is 0 Å². The molecule has 4 rings (SSSR count). The maximum absolute atomic E-state index is 12.9. The van der Waals surface area contributed by atoms with E-state index >= 15 is 0 Å². The van der Waals surface area contributed by atoms with E-state index in [0.29, 0.717) is 32.5 Å². The Labute approximate surface area is 181 Å². The Morgan fingerprint density at radius 2 is 2.07 bits per heavy atom. The molecule has 0 bridgehead atoms. The topological polar surface area (TPSA) is 84.3 Å². The largest absolute Gasteiger partial charge is 0.323 e. The van der Waals surface area contributed by atoms with Gasteiger partial charge in [-0.1, -0.05) is 41.6 Å². The molecule has 1 aromatic heterocycles. The van der Waals surface area contributed by atoms with Crippen LogP contribution in [0.1, 0.15) is 0 Å². The molecule has 0 fully saturated rings. The van der Waals surface area contributed by atoms with Crippen LogP contribution in [0.2, 0.25) is 5.02 Å². The van der Waals surface area contributed by atoms with E-state index in [1.807, 2.05) is 6.07 Å². The zero-order valence-electron chi connectivity index (χ0n) is 15.8. The number of halogens is 1. The lowest BCUT2D eigenvalue weighted by Gasteiger charge is -2.29. The minimum atomic E-state index is -0.253. The fraction of sp³-hybridized carbons (Fsp3) is 0.143. The number of fused-ring (bicyclic) bond motifs is 2. The summed E-state index contributed by atoms with van der Waals surface area (Å²) in [5.74, 6) is -0.487. The van der Waals surface area contributed by atoms with Crippen LogP contribution in [0.15, 0.2) is 65.1 Å². The van der Waals surface area contributed by atoms with Gasteiger partial charge in [0, 0.05) is 11.6 Å². The number of allylic oxidation sites excluding steroid dienone is 1. The van der Waals surface area contributed by atoms with Crippen molar-refractivity contribution < 1.29 is 9.59 Å². The maximum atomic E-state index is 12.9. The third-order valence-corrected chi connectivity index (χ3v) is 5.79. The number of benzene rings is 2. The second-order valence-electron chi connectivity index (χ2n) is 6.59. The summed E-state index contributed by atoms with van der Waals surface area (Å²) in [6.45, 7) is 3.89. The van der Waals surface area contributed by atoms with E-state index < -0.39 is 0 Å².